The van der Waals surface area contributed by atoms with E-state index in [0.717, 1.165) is 12.8 Å². The molecule has 3 rings (SSSR count). The Morgan fingerprint density at radius 2 is 1.84 bits per heavy atom. The van der Waals surface area contributed by atoms with Crippen LogP contribution >= 0.6 is 0 Å². The number of carbonyl (C=O) groups excluding carboxylic acids is 3. The van der Waals surface area contributed by atoms with Gasteiger partial charge in [0.05, 0.1) is 18.4 Å². The Hall–Kier alpha value is -3.56. The van der Waals surface area contributed by atoms with E-state index in [-0.39, 0.29) is 6.61 Å². The van der Waals surface area contributed by atoms with Crippen molar-refractivity contribution in [3.05, 3.63) is 29.5 Å². The van der Waals surface area contributed by atoms with E-state index in [1.165, 1.54) is 0 Å². The van der Waals surface area contributed by atoms with Crippen molar-refractivity contribution in [3.8, 4) is 5.75 Å². The van der Waals surface area contributed by atoms with Gasteiger partial charge >= 0.3 is 11.9 Å². The van der Waals surface area contributed by atoms with Gasteiger partial charge in [0, 0.05) is 5.39 Å². The Bertz CT molecular complexity index is 1030. The summed E-state index contributed by atoms with van der Waals surface area (Å²) in [6.07, 6.45) is 2.43. The number of amides is 2. The van der Waals surface area contributed by atoms with Crippen molar-refractivity contribution in [2.45, 2.75) is 39.5 Å². The molecule has 2 amide bonds. The number of rotatable bonds is 7. The highest BCUT2D eigenvalue weighted by atomic mass is 16.5. The predicted molar refractivity (Wildman–Crippen MR) is 112 cm³/mol. The van der Waals surface area contributed by atoms with Crippen LogP contribution in [0.4, 0.5) is 0 Å². The maximum absolute atomic E-state index is 12.3. The molecule has 1 fully saturated rings. The molecule has 3 N–H and O–H groups in total. The molecule has 1 aromatic heterocycles. The number of carboxylic acids is 1. The molecule has 2 aromatic rings. The molecule has 172 valence electrons. The molecule has 0 spiro atoms. The molecule has 0 radical (unpaired) electrons. The standard InChI is InChI=1S/C22H26N2O8/c1-3-30-22(29)19-12(2)32-17-9-8-13(10-16(17)19)31-11-18(25)23-24-20(26)14-6-4-5-7-15(14)21(27)28/h8-10,14-15H,3-7,11H2,1-2H3,(H,23,25)(H,24,26)(H,27,28)/t14-,15-/m1/s1. The highest BCUT2D eigenvalue weighted by molar-refractivity contribution is 6.04. The summed E-state index contributed by atoms with van der Waals surface area (Å²) in [5.74, 6) is -3.36. The molecular formula is C22H26N2O8. The van der Waals surface area contributed by atoms with Gasteiger partial charge in [-0.3, -0.25) is 25.2 Å². The molecule has 10 heteroatoms. The van der Waals surface area contributed by atoms with E-state index in [4.69, 9.17) is 13.9 Å². The zero-order valence-corrected chi connectivity index (χ0v) is 17.9. The third-order valence-electron chi connectivity index (χ3n) is 5.43. The number of benzene rings is 1. The van der Waals surface area contributed by atoms with E-state index in [1.807, 2.05) is 0 Å². The smallest absolute Gasteiger partial charge is 0.342 e. The number of carboxylic acid groups (broad SMARTS) is 1. The third kappa shape index (κ3) is 5.19. The average Bonchev–Trinajstić information content (AvgIpc) is 3.11. The molecule has 10 nitrogen and oxygen atoms in total. The number of nitrogens with one attached hydrogen (secondary N) is 2. The van der Waals surface area contributed by atoms with Crippen LogP contribution < -0.4 is 15.6 Å². The van der Waals surface area contributed by atoms with Crippen LogP contribution in [0.3, 0.4) is 0 Å². The van der Waals surface area contributed by atoms with Gasteiger partial charge in [-0.2, -0.15) is 0 Å². The number of fused-ring (bicyclic) bond motifs is 1. The molecule has 0 saturated heterocycles. The number of esters is 1. The minimum Gasteiger partial charge on any atom is -0.484 e. The van der Waals surface area contributed by atoms with Crippen molar-refractivity contribution in [2.75, 3.05) is 13.2 Å². The zero-order valence-electron chi connectivity index (χ0n) is 17.9. The summed E-state index contributed by atoms with van der Waals surface area (Å²) in [6, 6.07) is 4.78. The van der Waals surface area contributed by atoms with E-state index < -0.39 is 42.2 Å². The van der Waals surface area contributed by atoms with Gasteiger partial charge in [-0.05, 0) is 44.9 Å². The summed E-state index contributed by atoms with van der Waals surface area (Å²) in [6.45, 7) is 3.19. The van der Waals surface area contributed by atoms with E-state index in [9.17, 15) is 24.3 Å². The fourth-order valence-electron chi connectivity index (χ4n) is 3.90. The topological polar surface area (TPSA) is 144 Å². The quantitative estimate of drug-likeness (QED) is 0.434. The second-order valence-electron chi connectivity index (χ2n) is 7.57. The van der Waals surface area contributed by atoms with E-state index in [1.54, 1.807) is 32.0 Å². The first kappa shape index (κ1) is 23.1. The van der Waals surface area contributed by atoms with Gasteiger partial charge in [0.25, 0.3) is 5.91 Å². The predicted octanol–water partition coefficient (Wildman–Crippen LogP) is 2.34. The van der Waals surface area contributed by atoms with Crippen LogP contribution in [0, 0.1) is 18.8 Å². The zero-order chi connectivity index (χ0) is 23.3. The summed E-state index contributed by atoms with van der Waals surface area (Å²) in [5, 5.41) is 9.79. The minimum atomic E-state index is -1.01. The summed E-state index contributed by atoms with van der Waals surface area (Å²) in [4.78, 5) is 47.9. The molecule has 32 heavy (non-hydrogen) atoms. The van der Waals surface area contributed by atoms with E-state index >= 15 is 0 Å². The number of hydrogen-bond donors (Lipinski definition) is 3. The molecule has 1 heterocycles. The first-order chi connectivity index (χ1) is 15.3. The Labute approximate surface area is 184 Å². The van der Waals surface area contributed by atoms with Gasteiger partial charge in [0.2, 0.25) is 5.91 Å². The highest BCUT2D eigenvalue weighted by Gasteiger charge is 2.35. The number of aliphatic carboxylic acids is 1. The molecular weight excluding hydrogens is 420 g/mol. The third-order valence-corrected chi connectivity index (χ3v) is 5.43. The second-order valence-corrected chi connectivity index (χ2v) is 7.57. The number of furan rings is 1. The van der Waals surface area contributed by atoms with Crippen LogP contribution in [0.2, 0.25) is 0 Å². The van der Waals surface area contributed by atoms with Crippen molar-refractivity contribution < 1.29 is 38.2 Å². The number of carbonyl (C=O) groups is 4. The largest absolute Gasteiger partial charge is 0.484 e. The maximum atomic E-state index is 12.3. The van der Waals surface area contributed by atoms with Crippen molar-refractivity contribution in [1.29, 1.82) is 0 Å². The Kier molecular flexibility index (Phi) is 7.34. The summed E-state index contributed by atoms with van der Waals surface area (Å²) in [7, 11) is 0. The number of ether oxygens (including phenoxy) is 2. The van der Waals surface area contributed by atoms with E-state index in [0.29, 0.717) is 40.9 Å². The fraction of sp³-hybridized carbons (Fsp3) is 0.455. The monoisotopic (exact) mass is 446 g/mol. The van der Waals surface area contributed by atoms with Gasteiger partial charge in [-0.15, -0.1) is 0 Å². The lowest BCUT2D eigenvalue weighted by Crippen LogP contribution is -2.49. The first-order valence-electron chi connectivity index (χ1n) is 10.5. The number of hydrogen-bond acceptors (Lipinski definition) is 7. The minimum absolute atomic E-state index is 0.223. The SMILES string of the molecule is CCOC(=O)c1c(C)oc2ccc(OCC(=O)NNC(=O)[C@@H]3CCCC[C@H]3C(=O)O)cc12. The van der Waals surface area contributed by atoms with E-state index in [2.05, 4.69) is 10.9 Å². The molecule has 0 aliphatic heterocycles. The summed E-state index contributed by atoms with van der Waals surface area (Å²) < 4.78 is 16.1. The maximum Gasteiger partial charge on any atom is 0.342 e. The van der Waals surface area contributed by atoms with Gasteiger partial charge < -0.3 is 19.0 Å². The van der Waals surface area contributed by atoms with Crippen LogP contribution in [-0.2, 0) is 19.1 Å². The van der Waals surface area contributed by atoms with Crippen LogP contribution in [0.1, 0.15) is 48.7 Å². The van der Waals surface area contributed by atoms with Crippen LogP contribution in [0.25, 0.3) is 11.0 Å². The number of hydrazine groups is 1. The van der Waals surface area contributed by atoms with Crippen molar-refractivity contribution in [3.63, 3.8) is 0 Å². The van der Waals surface area contributed by atoms with Gasteiger partial charge in [0.1, 0.15) is 22.7 Å². The van der Waals surface area contributed by atoms with Gasteiger partial charge in [-0.25, -0.2) is 4.79 Å². The molecule has 1 aliphatic carbocycles. The second kappa shape index (κ2) is 10.2. The lowest BCUT2D eigenvalue weighted by molar-refractivity contribution is -0.149. The summed E-state index contributed by atoms with van der Waals surface area (Å²) >= 11 is 0. The lowest BCUT2D eigenvalue weighted by Gasteiger charge is -2.27. The van der Waals surface area contributed by atoms with Gasteiger partial charge in [0.15, 0.2) is 6.61 Å². The molecule has 0 unspecified atom stereocenters. The van der Waals surface area contributed by atoms with Crippen LogP contribution in [0.5, 0.6) is 5.75 Å². The van der Waals surface area contributed by atoms with Crippen molar-refractivity contribution in [2.24, 2.45) is 11.8 Å². The van der Waals surface area contributed by atoms with Crippen molar-refractivity contribution >= 4 is 34.7 Å². The molecule has 1 aromatic carbocycles. The number of aryl methyl sites for hydroxylation is 1. The Morgan fingerprint density at radius 3 is 2.53 bits per heavy atom. The molecule has 1 saturated carbocycles. The Morgan fingerprint density at radius 1 is 1.12 bits per heavy atom. The molecule has 1 aliphatic rings. The molecule has 0 bridgehead atoms. The lowest BCUT2D eigenvalue weighted by atomic mass is 9.79. The van der Waals surface area contributed by atoms with Crippen molar-refractivity contribution in [1.82, 2.24) is 10.9 Å². The molecule has 2 atom stereocenters. The van der Waals surface area contributed by atoms with Crippen LogP contribution in [-0.4, -0.2) is 42.1 Å². The summed E-state index contributed by atoms with van der Waals surface area (Å²) in [5.41, 5.74) is 5.31. The van der Waals surface area contributed by atoms with Crippen LogP contribution in [0.15, 0.2) is 22.6 Å². The normalized spacial score (nSPS) is 18.1. The first-order valence-corrected chi connectivity index (χ1v) is 10.5. The van der Waals surface area contributed by atoms with Gasteiger partial charge in [-0.1, -0.05) is 12.8 Å². The fourth-order valence-corrected chi connectivity index (χ4v) is 3.90. The highest BCUT2D eigenvalue weighted by Crippen LogP contribution is 2.31. The average molecular weight is 446 g/mol. The Balaban J connectivity index is 1.57.